The third-order valence-electron chi connectivity index (χ3n) is 3.34. The third kappa shape index (κ3) is 3.13. The predicted molar refractivity (Wildman–Crippen MR) is 84.1 cm³/mol. The first-order valence-electron chi connectivity index (χ1n) is 7.24. The van der Waals surface area contributed by atoms with E-state index in [9.17, 15) is 9.59 Å². The fraction of sp³-hybridized carbons (Fsp3) is 0.167. The van der Waals surface area contributed by atoms with Gasteiger partial charge in [0.15, 0.2) is 5.76 Å². The first-order chi connectivity index (χ1) is 11.0. The minimum Gasteiger partial charge on any atom is -0.452 e. The van der Waals surface area contributed by atoms with Crippen LogP contribution >= 0.6 is 0 Å². The molecule has 2 heterocycles. The van der Waals surface area contributed by atoms with Crippen molar-refractivity contribution in [1.29, 1.82) is 0 Å². The lowest BCUT2D eigenvalue weighted by Crippen LogP contribution is -2.14. The summed E-state index contributed by atoms with van der Waals surface area (Å²) in [5.74, 6) is 0.233. The number of allylic oxidation sites excluding steroid dienone is 1. The van der Waals surface area contributed by atoms with Gasteiger partial charge in [-0.15, -0.1) is 0 Å². The Balaban J connectivity index is 1.85. The van der Waals surface area contributed by atoms with Crippen LogP contribution in [0.3, 0.4) is 0 Å². The molecule has 116 valence electrons. The van der Waals surface area contributed by atoms with E-state index in [2.05, 4.69) is 4.98 Å². The van der Waals surface area contributed by atoms with Crippen molar-refractivity contribution in [3.8, 4) is 11.5 Å². The Morgan fingerprint density at radius 1 is 1.22 bits per heavy atom. The second-order valence-electron chi connectivity index (χ2n) is 5.45. The molecule has 1 aromatic heterocycles. The molecule has 0 saturated carbocycles. The summed E-state index contributed by atoms with van der Waals surface area (Å²) in [6, 6.07) is 8.32. The van der Waals surface area contributed by atoms with E-state index in [1.54, 1.807) is 62.6 Å². The third-order valence-corrected chi connectivity index (χ3v) is 3.34. The summed E-state index contributed by atoms with van der Waals surface area (Å²) in [5, 5.41) is 0. The SMILES string of the molecule is CC(C)C(=O)Oc1ccc2c(c1)O/C(=C\c1ccncc1)C2=O. The van der Waals surface area contributed by atoms with Gasteiger partial charge in [-0.25, -0.2) is 0 Å². The molecule has 1 aliphatic rings. The largest absolute Gasteiger partial charge is 0.452 e. The van der Waals surface area contributed by atoms with Crippen molar-refractivity contribution in [2.45, 2.75) is 13.8 Å². The van der Waals surface area contributed by atoms with Gasteiger partial charge in [-0.3, -0.25) is 14.6 Å². The average Bonchev–Trinajstić information content (AvgIpc) is 2.84. The number of esters is 1. The highest BCUT2D eigenvalue weighted by Gasteiger charge is 2.28. The van der Waals surface area contributed by atoms with Gasteiger partial charge in [0.1, 0.15) is 11.5 Å². The number of carbonyl (C=O) groups is 2. The topological polar surface area (TPSA) is 65.5 Å². The van der Waals surface area contributed by atoms with Crippen LogP contribution < -0.4 is 9.47 Å². The van der Waals surface area contributed by atoms with E-state index in [4.69, 9.17) is 9.47 Å². The predicted octanol–water partition coefficient (Wildman–Crippen LogP) is 3.26. The monoisotopic (exact) mass is 309 g/mol. The lowest BCUT2D eigenvalue weighted by Gasteiger charge is -2.07. The summed E-state index contributed by atoms with van der Waals surface area (Å²) < 4.78 is 10.8. The van der Waals surface area contributed by atoms with E-state index >= 15 is 0 Å². The molecular formula is C18H15NO4. The number of nitrogens with zero attached hydrogens (tertiary/aromatic N) is 1. The molecule has 0 aliphatic carbocycles. The Kier molecular flexibility index (Phi) is 3.93. The maximum absolute atomic E-state index is 12.3. The molecule has 1 aromatic carbocycles. The van der Waals surface area contributed by atoms with Gasteiger partial charge in [0, 0.05) is 18.5 Å². The highest BCUT2D eigenvalue weighted by atomic mass is 16.5. The Labute approximate surface area is 133 Å². The highest BCUT2D eigenvalue weighted by Crippen LogP contribution is 2.35. The number of Topliss-reactive ketones (excluding diaryl/α,β-unsaturated/α-hetero) is 1. The molecule has 1 aliphatic heterocycles. The zero-order valence-corrected chi connectivity index (χ0v) is 12.8. The van der Waals surface area contributed by atoms with Crippen molar-refractivity contribution in [2.24, 2.45) is 5.92 Å². The molecule has 0 radical (unpaired) electrons. The smallest absolute Gasteiger partial charge is 0.313 e. The van der Waals surface area contributed by atoms with Crippen LogP contribution in [0, 0.1) is 5.92 Å². The Morgan fingerprint density at radius 2 is 1.96 bits per heavy atom. The van der Waals surface area contributed by atoms with Gasteiger partial charge in [0.2, 0.25) is 5.78 Å². The fourth-order valence-corrected chi connectivity index (χ4v) is 2.08. The van der Waals surface area contributed by atoms with Crippen molar-refractivity contribution in [3.05, 3.63) is 59.6 Å². The van der Waals surface area contributed by atoms with E-state index in [1.807, 2.05) is 0 Å². The molecule has 5 heteroatoms. The van der Waals surface area contributed by atoms with Crippen molar-refractivity contribution in [1.82, 2.24) is 4.98 Å². The highest BCUT2D eigenvalue weighted by molar-refractivity contribution is 6.14. The summed E-state index contributed by atoms with van der Waals surface area (Å²) in [6.45, 7) is 3.51. The Bertz CT molecular complexity index is 794. The molecule has 2 aromatic rings. The molecule has 0 N–H and O–H groups in total. The van der Waals surface area contributed by atoms with Gasteiger partial charge in [0.25, 0.3) is 0 Å². The molecule has 0 saturated heterocycles. The van der Waals surface area contributed by atoms with E-state index in [0.29, 0.717) is 17.1 Å². The minimum atomic E-state index is -0.332. The number of pyridine rings is 1. The van der Waals surface area contributed by atoms with Crippen molar-refractivity contribution >= 4 is 17.8 Å². The number of ether oxygens (including phenoxy) is 2. The zero-order chi connectivity index (χ0) is 16.4. The first-order valence-corrected chi connectivity index (χ1v) is 7.24. The molecule has 0 unspecified atom stereocenters. The van der Waals surface area contributed by atoms with Gasteiger partial charge >= 0.3 is 5.97 Å². The van der Waals surface area contributed by atoms with Crippen LogP contribution in [0.1, 0.15) is 29.8 Å². The van der Waals surface area contributed by atoms with Crippen LogP contribution in [0.2, 0.25) is 0 Å². The van der Waals surface area contributed by atoms with E-state index in [1.165, 1.54) is 0 Å². The zero-order valence-electron chi connectivity index (χ0n) is 12.8. The maximum atomic E-state index is 12.3. The van der Waals surface area contributed by atoms with Crippen LogP contribution in [0.4, 0.5) is 0 Å². The molecule has 0 atom stereocenters. The standard InChI is InChI=1S/C18H15NO4/c1-11(2)18(21)22-13-3-4-14-15(10-13)23-16(17(14)20)9-12-5-7-19-8-6-12/h3-11H,1-2H3/b16-9-. The second-order valence-corrected chi connectivity index (χ2v) is 5.45. The number of fused-ring (bicyclic) bond motifs is 1. The first kappa shape index (κ1) is 15.0. The van der Waals surface area contributed by atoms with Gasteiger partial charge in [0.05, 0.1) is 11.5 Å². The molecule has 0 spiro atoms. The summed E-state index contributed by atoms with van der Waals surface area (Å²) >= 11 is 0. The molecule has 23 heavy (non-hydrogen) atoms. The summed E-state index contributed by atoms with van der Waals surface area (Å²) in [7, 11) is 0. The van der Waals surface area contributed by atoms with Crippen LogP contribution in [-0.2, 0) is 4.79 Å². The molecular weight excluding hydrogens is 294 g/mol. The Morgan fingerprint density at radius 3 is 2.65 bits per heavy atom. The van der Waals surface area contributed by atoms with Crippen molar-refractivity contribution in [2.75, 3.05) is 0 Å². The van der Waals surface area contributed by atoms with Gasteiger partial charge < -0.3 is 9.47 Å². The minimum absolute atomic E-state index is 0.196. The quantitative estimate of drug-likeness (QED) is 0.494. The van der Waals surface area contributed by atoms with E-state index in [0.717, 1.165) is 5.56 Å². The Hall–Kier alpha value is -2.95. The van der Waals surface area contributed by atoms with Crippen LogP contribution in [0.5, 0.6) is 11.5 Å². The van der Waals surface area contributed by atoms with E-state index < -0.39 is 0 Å². The van der Waals surface area contributed by atoms with Crippen molar-refractivity contribution < 1.29 is 19.1 Å². The molecule has 0 fully saturated rings. The number of carbonyl (C=O) groups excluding carboxylic acids is 2. The lowest BCUT2D eigenvalue weighted by atomic mass is 10.1. The van der Waals surface area contributed by atoms with Crippen LogP contribution in [0.25, 0.3) is 6.08 Å². The number of benzene rings is 1. The summed E-state index contributed by atoms with van der Waals surface area (Å²) in [5.41, 5.74) is 1.28. The van der Waals surface area contributed by atoms with Gasteiger partial charge in [-0.2, -0.15) is 0 Å². The summed E-state index contributed by atoms with van der Waals surface area (Å²) in [6.07, 6.45) is 4.94. The number of aromatic nitrogens is 1. The lowest BCUT2D eigenvalue weighted by molar-refractivity contribution is -0.137. The maximum Gasteiger partial charge on any atom is 0.313 e. The second kappa shape index (κ2) is 6.04. The molecule has 3 rings (SSSR count). The van der Waals surface area contributed by atoms with Gasteiger partial charge in [-0.05, 0) is 35.9 Å². The van der Waals surface area contributed by atoms with Gasteiger partial charge in [-0.1, -0.05) is 13.8 Å². The number of rotatable bonds is 3. The van der Waals surface area contributed by atoms with Crippen LogP contribution in [-0.4, -0.2) is 16.7 Å². The molecule has 0 amide bonds. The average molecular weight is 309 g/mol. The number of ketones is 1. The van der Waals surface area contributed by atoms with E-state index in [-0.39, 0.29) is 23.4 Å². The number of hydrogen-bond acceptors (Lipinski definition) is 5. The molecule has 0 bridgehead atoms. The summed E-state index contributed by atoms with van der Waals surface area (Å²) in [4.78, 5) is 27.9. The number of hydrogen-bond donors (Lipinski definition) is 0. The van der Waals surface area contributed by atoms with Crippen molar-refractivity contribution in [3.63, 3.8) is 0 Å². The normalized spacial score (nSPS) is 14.7. The fourth-order valence-electron chi connectivity index (χ4n) is 2.08. The van der Waals surface area contributed by atoms with Crippen LogP contribution in [0.15, 0.2) is 48.5 Å². The molecule has 5 nitrogen and oxygen atoms in total.